The number of nitrogens with zero attached hydrogens (tertiary/aromatic N) is 6. The molecule has 6 heteroatoms. The first kappa shape index (κ1) is 14.1. The molecule has 3 aromatic heterocycles. The van der Waals surface area contributed by atoms with Crippen LogP contribution in [0.4, 0.5) is 5.95 Å². The van der Waals surface area contributed by atoms with Crippen molar-refractivity contribution in [2.45, 2.75) is 38.3 Å². The van der Waals surface area contributed by atoms with Gasteiger partial charge < -0.3 is 4.90 Å². The highest BCUT2D eigenvalue weighted by Gasteiger charge is 2.18. The molecule has 0 aliphatic heterocycles. The predicted octanol–water partition coefficient (Wildman–Crippen LogP) is 2.97. The molecule has 6 nitrogen and oxygen atoms in total. The van der Waals surface area contributed by atoms with E-state index in [1.807, 2.05) is 30.4 Å². The van der Waals surface area contributed by atoms with Crippen LogP contribution in [0.5, 0.6) is 0 Å². The topological polar surface area (TPSA) is 59.7 Å². The number of hydrogen-bond acceptors (Lipinski definition) is 5. The zero-order chi connectivity index (χ0) is 15.6. The van der Waals surface area contributed by atoms with E-state index in [2.05, 4.69) is 37.0 Å². The molecule has 0 unspecified atom stereocenters. The van der Waals surface area contributed by atoms with Gasteiger partial charge in [0.1, 0.15) is 0 Å². The molecule has 1 aliphatic rings. The Hall–Kier alpha value is -2.50. The standard InChI is InChI=1S/C17H20N6/c1-22(11-13-5-4-8-18-9-13)17-19-10-14-12-23(21-16(14)20-17)15-6-2-3-7-15/h4-5,8-10,12,15H,2-3,6-7,11H2,1H3. The average Bonchev–Trinajstić information content (AvgIpc) is 3.24. The second kappa shape index (κ2) is 5.95. The zero-order valence-corrected chi connectivity index (χ0v) is 13.3. The molecule has 4 rings (SSSR count). The lowest BCUT2D eigenvalue weighted by atomic mass is 10.2. The molecule has 0 saturated heterocycles. The molecular weight excluding hydrogens is 288 g/mol. The minimum Gasteiger partial charge on any atom is -0.339 e. The summed E-state index contributed by atoms with van der Waals surface area (Å²) in [7, 11) is 1.99. The third-order valence-electron chi connectivity index (χ3n) is 4.45. The van der Waals surface area contributed by atoms with Crippen LogP contribution in [0.25, 0.3) is 11.0 Å². The van der Waals surface area contributed by atoms with Crippen molar-refractivity contribution < 1.29 is 0 Å². The van der Waals surface area contributed by atoms with Crippen molar-refractivity contribution in [3.05, 3.63) is 42.5 Å². The van der Waals surface area contributed by atoms with E-state index < -0.39 is 0 Å². The van der Waals surface area contributed by atoms with Crippen molar-refractivity contribution in [2.24, 2.45) is 0 Å². The monoisotopic (exact) mass is 308 g/mol. The van der Waals surface area contributed by atoms with E-state index in [0.717, 1.165) is 23.1 Å². The van der Waals surface area contributed by atoms with Gasteiger partial charge in [0.25, 0.3) is 0 Å². The van der Waals surface area contributed by atoms with Gasteiger partial charge in [-0.05, 0) is 24.5 Å². The first-order valence-corrected chi connectivity index (χ1v) is 8.11. The van der Waals surface area contributed by atoms with Crippen molar-refractivity contribution in [2.75, 3.05) is 11.9 Å². The Balaban J connectivity index is 1.58. The molecule has 1 saturated carbocycles. The number of pyridine rings is 1. The fourth-order valence-corrected chi connectivity index (χ4v) is 3.20. The third kappa shape index (κ3) is 2.88. The molecule has 0 N–H and O–H groups in total. The summed E-state index contributed by atoms with van der Waals surface area (Å²) >= 11 is 0. The van der Waals surface area contributed by atoms with Gasteiger partial charge in [0.05, 0.1) is 11.4 Å². The lowest BCUT2D eigenvalue weighted by Crippen LogP contribution is -2.19. The molecule has 0 bridgehead atoms. The van der Waals surface area contributed by atoms with Crippen molar-refractivity contribution in [1.29, 1.82) is 0 Å². The van der Waals surface area contributed by atoms with Gasteiger partial charge in [0, 0.05) is 38.4 Å². The van der Waals surface area contributed by atoms with E-state index in [9.17, 15) is 0 Å². The SMILES string of the molecule is CN(Cc1cccnc1)c1ncc2cn(C3CCCC3)nc2n1. The molecule has 1 fully saturated rings. The van der Waals surface area contributed by atoms with Crippen LogP contribution in [0.1, 0.15) is 37.3 Å². The summed E-state index contributed by atoms with van der Waals surface area (Å²) in [4.78, 5) is 15.3. The van der Waals surface area contributed by atoms with Gasteiger partial charge in [-0.1, -0.05) is 18.9 Å². The Kier molecular flexibility index (Phi) is 3.65. The molecule has 3 aromatic rings. The summed E-state index contributed by atoms with van der Waals surface area (Å²) in [5.41, 5.74) is 1.91. The van der Waals surface area contributed by atoms with Crippen LogP contribution in [0.2, 0.25) is 0 Å². The maximum atomic E-state index is 4.67. The fraction of sp³-hybridized carbons (Fsp3) is 0.412. The van der Waals surface area contributed by atoms with Gasteiger partial charge >= 0.3 is 0 Å². The highest BCUT2D eigenvalue weighted by Crippen LogP contribution is 2.29. The molecule has 0 atom stereocenters. The van der Waals surface area contributed by atoms with E-state index in [1.54, 1.807) is 6.20 Å². The highest BCUT2D eigenvalue weighted by atomic mass is 15.3. The molecule has 0 amide bonds. The molecule has 3 heterocycles. The van der Waals surface area contributed by atoms with Crippen LogP contribution in [0.3, 0.4) is 0 Å². The van der Waals surface area contributed by atoms with E-state index in [1.165, 1.54) is 25.7 Å². The summed E-state index contributed by atoms with van der Waals surface area (Å²) in [5.74, 6) is 0.693. The van der Waals surface area contributed by atoms with Crippen molar-refractivity contribution in [3.8, 4) is 0 Å². The highest BCUT2D eigenvalue weighted by molar-refractivity contribution is 5.74. The van der Waals surface area contributed by atoms with Crippen LogP contribution in [0, 0.1) is 0 Å². The van der Waals surface area contributed by atoms with Crippen LogP contribution in [-0.2, 0) is 6.54 Å². The Morgan fingerprint density at radius 1 is 1.26 bits per heavy atom. The Bertz CT molecular complexity index is 791. The van der Waals surface area contributed by atoms with Gasteiger partial charge in [-0.15, -0.1) is 0 Å². The van der Waals surface area contributed by atoms with Crippen molar-refractivity contribution in [1.82, 2.24) is 24.7 Å². The number of rotatable bonds is 4. The van der Waals surface area contributed by atoms with Gasteiger partial charge in [-0.25, -0.2) is 4.98 Å². The number of aromatic nitrogens is 5. The summed E-state index contributed by atoms with van der Waals surface area (Å²) in [6.07, 6.45) is 12.6. The minimum absolute atomic E-state index is 0.528. The van der Waals surface area contributed by atoms with E-state index in [-0.39, 0.29) is 0 Å². The van der Waals surface area contributed by atoms with Crippen LogP contribution in [-0.4, -0.2) is 31.8 Å². The minimum atomic E-state index is 0.528. The summed E-state index contributed by atoms with van der Waals surface area (Å²) in [5, 5.41) is 5.68. The van der Waals surface area contributed by atoms with Crippen molar-refractivity contribution >= 4 is 17.0 Å². The zero-order valence-electron chi connectivity index (χ0n) is 13.3. The fourth-order valence-electron chi connectivity index (χ4n) is 3.20. The molecule has 1 aliphatic carbocycles. The first-order chi connectivity index (χ1) is 11.3. The summed E-state index contributed by atoms with van der Waals surface area (Å²) < 4.78 is 2.08. The van der Waals surface area contributed by atoms with Crippen LogP contribution in [0.15, 0.2) is 36.9 Å². The van der Waals surface area contributed by atoms with Crippen LogP contribution >= 0.6 is 0 Å². The van der Waals surface area contributed by atoms with Gasteiger partial charge in [-0.3, -0.25) is 9.67 Å². The normalized spacial score (nSPS) is 15.3. The number of fused-ring (bicyclic) bond motifs is 1. The molecular formula is C17H20N6. The van der Waals surface area contributed by atoms with E-state index >= 15 is 0 Å². The lowest BCUT2D eigenvalue weighted by molar-refractivity contribution is 0.470. The average molecular weight is 308 g/mol. The van der Waals surface area contributed by atoms with Gasteiger partial charge in [-0.2, -0.15) is 10.1 Å². The molecule has 0 spiro atoms. The summed E-state index contributed by atoms with van der Waals surface area (Å²) in [6.45, 7) is 0.725. The van der Waals surface area contributed by atoms with Gasteiger partial charge in [0.15, 0.2) is 5.65 Å². The van der Waals surface area contributed by atoms with E-state index in [0.29, 0.717) is 12.0 Å². The Morgan fingerprint density at radius 3 is 2.91 bits per heavy atom. The maximum Gasteiger partial charge on any atom is 0.227 e. The van der Waals surface area contributed by atoms with Crippen LogP contribution < -0.4 is 4.90 Å². The maximum absolute atomic E-state index is 4.67. The van der Waals surface area contributed by atoms with Gasteiger partial charge in [0.2, 0.25) is 5.95 Å². The molecule has 0 aromatic carbocycles. The quantitative estimate of drug-likeness (QED) is 0.741. The summed E-state index contributed by atoms with van der Waals surface area (Å²) in [6, 6.07) is 4.52. The van der Waals surface area contributed by atoms with Crippen molar-refractivity contribution in [3.63, 3.8) is 0 Å². The molecule has 118 valence electrons. The Morgan fingerprint density at radius 2 is 2.13 bits per heavy atom. The van der Waals surface area contributed by atoms with E-state index in [4.69, 9.17) is 0 Å². The predicted molar refractivity (Wildman–Crippen MR) is 89.2 cm³/mol. The number of anilines is 1. The third-order valence-corrected chi connectivity index (χ3v) is 4.45. The Labute approximate surface area is 135 Å². The largest absolute Gasteiger partial charge is 0.339 e. The lowest BCUT2D eigenvalue weighted by Gasteiger charge is -2.16. The number of hydrogen-bond donors (Lipinski definition) is 0. The molecule has 23 heavy (non-hydrogen) atoms. The molecule has 0 radical (unpaired) electrons. The smallest absolute Gasteiger partial charge is 0.227 e. The first-order valence-electron chi connectivity index (χ1n) is 8.11. The second-order valence-corrected chi connectivity index (χ2v) is 6.21. The second-order valence-electron chi connectivity index (χ2n) is 6.21.